The van der Waals surface area contributed by atoms with Crippen LogP contribution >= 0.6 is 0 Å². The Kier molecular flexibility index (Phi) is 4.50. The summed E-state index contributed by atoms with van der Waals surface area (Å²) in [6, 6.07) is 0.00706. The van der Waals surface area contributed by atoms with E-state index in [0.29, 0.717) is 31.7 Å². The quantitative estimate of drug-likeness (QED) is 0.864. The van der Waals surface area contributed by atoms with Crippen molar-refractivity contribution >= 4 is 17.8 Å². The number of likely N-dealkylation sites (tertiary alicyclic amines) is 1. The zero-order valence-electron chi connectivity index (χ0n) is 13.1. The Morgan fingerprint density at radius 2 is 1.90 bits per heavy atom. The van der Waals surface area contributed by atoms with E-state index in [1.807, 2.05) is 13.8 Å². The van der Waals surface area contributed by atoms with Crippen LogP contribution in [-0.4, -0.2) is 59.1 Å². The van der Waals surface area contributed by atoms with Crippen molar-refractivity contribution in [3.63, 3.8) is 0 Å². The molecule has 1 aliphatic heterocycles. The fraction of sp³-hybridized carbons (Fsp3) is 0.643. The van der Waals surface area contributed by atoms with Crippen LogP contribution < -0.4 is 5.32 Å². The minimum absolute atomic E-state index is 0.00706. The summed E-state index contributed by atoms with van der Waals surface area (Å²) in [5.74, 6) is 0.526. The van der Waals surface area contributed by atoms with E-state index in [1.54, 1.807) is 23.9 Å². The van der Waals surface area contributed by atoms with E-state index < -0.39 is 0 Å². The molecule has 0 unspecified atom stereocenters. The van der Waals surface area contributed by atoms with E-state index in [4.69, 9.17) is 0 Å². The molecule has 1 aromatic heterocycles. The Morgan fingerprint density at radius 1 is 1.29 bits per heavy atom. The molecular formula is C14H23N5O2. The van der Waals surface area contributed by atoms with Crippen LogP contribution in [0.2, 0.25) is 0 Å². The van der Waals surface area contributed by atoms with E-state index in [0.717, 1.165) is 11.3 Å². The number of amides is 3. The van der Waals surface area contributed by atoms with Gasteiger partial charge in [-0.25, -0.2) is 4.79 Å². The number of hydrogen-bond acceptors (Lipinski definition) is 3. The zero-order chi connectivity index (χ0) is 15.6. The van der Waals surface area contributed by atoms with E-state index in [2.05, 4.69) is 15.5 Å². The summed E-state index contributed by atoms with van der Waals surface area (Å²) in [5.41, 5.74) is 1.92. The number of nitrogens with zero attached hydrogens (tertiary/aromatic N) is 3. The number of nitrogens with one attached hydrogen (secondary N) is 2. The highest BCUT2D eigenvalue weighted by molar-refractivity contribution is 5.92. The van der Waals surface area contributed by atoms with Crippen LogP contribution in [0, 0.1) is 19.8 Å². The van der Waals surface area contributed by atoms with Gasteiger partial charge < -0.3 is 15.1 Å². The first-order valence-electron chi connectivity index (χ1n) is 7.18. The number of carbonyl (C=O) groups excluding carboxylic acids is 2. The number of rotatable bonds is 2. The van der Waals surface area contributed by atoms with Gasteiger partial charge in [-0.1, -0.05) is 0 Å². The standard InChI is InChI=1S/C14H23N5O2/c1-9-10(2)16-17-12(9)15-13(20)11-5-7-19(8-6-11)14(21)18(3)4/h11H,5-8H2,1-4H3,(H2,15,16,17,20). The second kappa shape index (κ2) is 6.15. The fourth-order valence-corrected chi connectivity index (χ4v) is 2.44. The van der Waals surface area contributed by atoms with Gasteiger partial charge in [0.25, 0.3) is 0 Å². The molecule has 2 N–H and O–H groups in total. The third-order valence-corrected chi connectivity index (χ3v) is 4.01. The predicted molar refractivity (Wildman–Crippen MR) is 80.1 cm³/mol. The predicted octanol–water partition coefficient (Wildman–Crippen LogP) is 1.36. The number of carbonyl (C=O) groups is 2. The average Bonchev–Trinajstić information content (AvgIpc) is 2.78. The molecular weight excluding hydrogens is 270 g/mol. The molecule has 1 fully saturated rings. The third-order valence-electron chi connectivity index (χ3n) is 4.01. The van der Waals surface area contributed by atoms with Crippen molar-refractivity contribution < 1.29 is 9.59 Å². The molecule has 0 aliphatic carbocycles. The van der Waals surface area contributed by atoms with Crippen molar-refractivity contribution in [2.75, 3.05) is 32.5 Å². The highest BCUT2D eigenvalue weighted by Gasteiger charge is 2.28. The third kappa shape index (κ3) is 3.34. The number of hydrogen-bond donors (Lipinski definition) is 2. The van der Waals surface area contributed by atoms with Crippen LogP contribution in [0.25, 0.3) is 0 Å². The van der Waals surface area contributed by atoms with Crippen LogP contribution in [0.15, 0.2) is 0 Å². The number of aromatic amines is 1. The normalized spacial score (nSPS) is 15.9. The van der Waals surface area contributed by atoms with Gasteiger partial charge in [-0.2, -0.15) is 5.10 Å². The Labute approximate surface area is 124 Å². The lowest BCUT2D eigenvalue weighted by molar-refractivity contribution is -0.121. The zero-order valence-corrected chi connectivity index (χ0v) is 13.1. The Balaban J connectivity index is 1.89. The second-order valence-corrected chi connectivity index (χ2v) is 5.75. The number of piperidine rings is 1. The fourth-order valence-electron chi connectivity index (χ4n) is 2.44. The first-order valence-corrected chi connectivity index (χ1v) is 7.18. The minimum Gasteiger partial charge on any atom is -0.331 e. The molecule has 0 aromatic carbocycles. The van der Waals surface area contributed by atoms with Gasteiger partial charge in [0.2, 0.25) is 5.91 Å². The minimum atomic E-state index is -0.0624. The van der Waals surface area contributed by atoms with Gasteiger partial charge in [-0.15, -0.1) is 0 Å². The van der Waals surface area contributed by atoms with Crippen molar-refractivity contribution in [2.45, 2.75) is 26.7 Å². The lowest BCUT2D eigenvalue weighted by atomic mass is 9.96. The number of urea groups is 1. The molecule has 0 radical (unpaired) electrons. The molecule has 116 valence electrons. The van der Waals surface area contributed by atoms with Crippen molar-refractivity contribution in [2.24, 2.45) is 5.92 Å². The highest BCUT2D eigenvalue weighted by Crippen LogP contribution is 2.21. The van der Waals surface area contributed by atoms with Gasteiger partial charge in [-0.3, -0.25) is 9.89 Å². The molecule has 3 amide bonds. The molecule has 2 rings (SSSR count). The Morgan fingerprint density at radius 3 is 2.38 bits per heavy atom. The highest BCUT2D eigenvalue weighted by atomic mass is 16.2. The number of aromatic nitrogens is 2. The number of anilines is 1. The van der Waals surface area contributed by atoms with Gasteiger partial charge in [-0.05, 0) is 26.7 Å². The lowest BCUT2D eigenvalue weighted by Gasteiger charge is -2.32. The van der Waals surface area contributed by atoms with Crippen LogP contribution in [-0.2, 0) is 4.79 Å². The summed E-state index contributed by atoms with van der Waals surface area (Å²) < 4.78 is 0. The molecule has 7 heteroatoms. The van der Waals surface area contributed by atoms with Crippen LogP contribution in [0.5, 0.6) is 0 Å². The maximum atomic E-state index is 12.3. The van der Waals surface area contributed by atoms with Gasteiger partial charge in [0.15, 0.2) is 5.82 Å². The van der Waals surface area contributed by atoms with E-state index in [9.17, 15) is 9.59 Å². The largest absolute Gasteiger partial charge is 0.331 e. The van der Waals surface area contributed by atoms with Crippen LogP contribution in [0.1, 0.15) is 24.1 Å². The maximum Gasteiger partial charge on any atom is 0.319 e. The first kappa shape index (κ1) is 15.3. The SMILES string of the molecule is Cc1[nH]nc(NC(=O)C2CCN(C(=O)N(C)C)CC2)c1C. The molecule has 21 heavy (non-hydrogen) atoms. The Hall–Kier alpha value is -2.05. The van der Waals surface area contributed by atoms with Gasteiger partial charge in [0, 0.05) is 44.4 Å². The van der Waals surface area contributed by atoms with Crippen LogP contribution in [0.3, 0.4) is 0 Å². The van der Waals surface area contributed by atoms with E-state index >= 15 is 0 Å². The van der Waals surface area contributed by atoms with Crippen molar-refractivity contribution in [3.05, 3.63) is 11.3 Å². The molecule has 0 atom stereocenters. The van der Waals surface area contributed by atoms with Gasteiger partial charge >= 0.3 is 6.03 Å². The van der Waals surface area contributed by atoms with E-state index in [-0.39, 0.29) is 17.9 Å². The van der Waals surface area contributed by atoms with E-state index in [1.165, 1.54) is 0 Å². The molecule has 0 bridgehead atoms. The summed E-state index contributed by atoms with van der Waals surface area (Å²) in [6.07, 6.45) is 1.38. The van der Waals surface area contributed by atoms with Crippen molar-refractivity contribution in [3.8, 4) is 0 Å². The first-order chi connectivity index (χ1) is 9.90. The number of aryl methyl sites for hydroxylation is 1. The smallest absolute Gasteiger partial charge is 0.319 e. The van der Waals surface area contributed by atoms with Crippen LogP contribution in [0.4, 0.5) is 10.6 Å². The van der Waals surface area contributed by atoms with Crippen molar-refractivity contribution in [1.82, 2.24) is 20.0 Å². The summed E-state index contributed by atoms with van der Waals surface area (Å²) in [7, 11) is 3.48. The average molecular weight is 293 g/mol. The van der Waals surface area contributed by atoms with Gasteiger partial charge in [0.05, 0.1) is 0 Å². The monoisotopic (exact) mass is 293 g/mol. The van der Waals surface area contributed by atoms with Gasteiger partial charge in [0.1, 0.15) is 0 Å². The summed E-state index contributed by atoms with van der Waals surface area (Å²) in [6.45, 7) is 5.08. The molecule has 0 saturated carbocycles. The Bertz CT molecular complexity index is 529. The topological polar surface area (TPSA) is 81.3 Å². The molecule has 1 aromatic rings. The second-order valence-electron chi connectivity index (χ2n) is 5.75. The summed E-state index contributed by atoms with van der Waals surface area (Å²) in [4.78, 5) is 27.5. The molecule has 1 saturated heterocycles. The molecule has 2 heterocycles. The molecule has 1 aliphatic rings. The molecule has 7 nitrogen and oxygen atoms in total. The summed E-state index contributed by atoms with van der Waals surface area (Å²) in [5, 5.41) is 9.82. The maximum absolute atomic E-state index is 12.3. The lowest BCUT2D eigenvalue weighted by Crippen LogP contribution is -2.45. The number of H-pyrrole nitrogens is 1. The van der Waals surface area contributed by atoms with Crippen molar-refractivity contribution in [1.29, 1.82) is 0 Å². The summed E-state index contributed by atoms with van der Waals surface area (Å²) >= 11 is 0. The molecule has 0 spiro atoms.